The van der Waals surface area contributed by atoms with Crippen LogP contribution in [0.1, 0.15) is 46.5 Å². The van der Waals surface area contributed by atoms with Crippen LogP contribution in [0.25, 0.3) is 0 Å². The summed E-state index contributed by atoms with van der Waals surface area (Å²) >= 11 is 0. The predicted octanol–water partition coefficient (Wildman–Crippen LogP) is 4.09. The normalized spacial score (nSPS) is 11.6. The van der Waals surface area contributed by atoms with Gasteiger partial charge in [-0.1, -0.05) is 45.4 Å². The number of hydrogen-bond donors (Lipinski definition) is 1. The standard InChI is InChI=1S/C17H29NO/c1-4-7-13-18(16-11-9-8-10-12-16)14-17(5-2,6-3)15-19/h8-12,19H,4-7,13-15H2,1-3H3. The summed E-state index contributed by atoms with van der Waals surface area (Å²) in [5, 5.41) is 9.77. The molecule has 0 spiro atoms. The zero-order chi connectivity index (χ0) is 14.1. The molecule has 1 aromatic rings. The number of nitrogens with zero attached hydrogens (tertiary/aromatic N) is 1. The van der Waals surface area contributed by atoms with E-state index >= 15 is 0 Å². The van der Waals surface area contributed by atoms with E-state index in [1.165, 1.54) is 18.5 Å². The van der Waals surface area contributed by atoms with Crippen molar-refractivity contribution in [3.63, 3.8) is 0 Å². The van der Waals surface area contributed by atoms with Gasteiger partial charge in [0, 0.05) is 24.2 Å². The first-order valence-electron chi connectivity index (χ1n) is 7.62. The van der Waals surface area contributed by atoms with E-state index in [1.54, 1.807) is 0 Å². The summed E-state index contributed by atoms with van der Waals surface area (Å²) in [7, 11) is 0. The SMILES string of the molecule is CCCCN(CC(CC)(CC)CO)c1ccccc1. The van der Waals surface area contributed by atoms with Crippen molar-refractivity contribution < 1.29 is 5.11 Å². The highest BCUT2D eigenvalue weighted by molar-refractivity contribution is 5.46. The minimum atomic E-state index is 0.0313. The van der Waals surface area contributed by atoms with Crippen LogP contribution in [-0.2, 0) is 0 Å². The number of aliphatic hydroxyl groups is 1. The van der Waals surface area contributed by atoms with Gasteiger partial charge in [-0.3, -0.25) is 0 Å². The molecule has 0 heterocycles. The molecule has 0 bridgehead atoms. The van der Waals surface area contributed by atoms with Gasteiger partial charge in [-0.25, -0.2) is 0 Å². The lowest BCUT2D eigenvalue weighted by molar-refractivity contribution is 0.120. The van der Waals surface area contributed by atoms with Crippen LogP contribution in [0.5, 0.6) is 0 Å². The van der Waals surface area contributed by atoms with Crippen molar-refractivity contribution in [2.24, 2.45) is 5.41 Å². The zero-order valence-electron chi connectivity index (χ0n) is 12.7. The molecule has 2 heteroatoms. The maximum absolute atomic E-state index is 9.77. The smallest absolute Gasteiger partial charge is 0.0504 e. The summed E-state index contributed by atoms with van der Waals surface area (Å²) in [5.74, 6) is 0. The fraction of sp³-hybridized carbons (Fsp3) is 0.647. The van der Waals surface area contributed by atoms with Gasteiger partial charge in [0.25, 0.3) is 0 Å². The van der Waals surface area contributed by atoms with Gasteiger partial charge in [-0.2, -0.15) is 0 Å². The van der Waals surface area contributed by atoms with Gasteiger partial charge in [0.1, 0.15) is 0 Å². The Kier molecular flexibility index (Phi) is 6.93. The highest BCUT2D eigenvalue weighted by Gasteiger charge is 2.28. The minimum absolute atomic E-state index is 0.0313. The van der Waals surface area contributed by atoms with Crippen LogP contribution in [0.3, 0.4) is 0 Å². The van der Waals surface area contributed by atoms with E-state index in [-0.39, 0.29) is 12.0 Å². The van der Waals surface area contributed by atoms with Gasteiger partial charge in [0.15, 0.2) is 0 Å². The molecule has 0 aliphatic carbocycles. The molecular formula is C17H29NO. The molecule has 0 amide bonds. The monoisotopic (exact) mass is 263 g/mol. The Morgan fingerprint density at radius 3 is 2.16 bits per heavy atom. The number of anilines is 1. The number of unbranched alkanes of at least 4 members (excludes halogenated alkanes) is 1. The quantitative estimate of drug-likeness (QED) is 0.725. The van der Waals surface area contributed by atoms with E-state index in [0.717, 1.165) is 25.9 Å². The van der Waals surface area contributed by atoms with Gasteiger partial charge in [-0.05, 0) is 31.4 Å². The van der Waals surface area contributed by atoms with E-state index in [2.05, 4.69) is 56.0 Å². The summed E-state index contributed by atoms with van der Waals surface area (Å²) in [6, 6.07) is 10.6. The molecule has 0 atom stereocenters. The van der Waals surface area contributed by atoms with Gasteiger partial charge < -0.3 is 10.0 Å². The number of rotatable bonds is 9. The van der Waals surface area contributed by atoms with Crippen molar-refractivity contribution in [3.8, 4) is 0 Å². The van der Waals surface area contributed by atoms with Crippen LogP contribution >= 0.6 is 0 Å². The summed E-state index contributed by atoms with van der Waals surface area (Å²) in [6.45, 7) is 8.88. The summed E-state index contributed by atoms with van der Waals surface area (Å²) in [6.07, 6.45) is 4.45. The number of hydrogen-bond acceptors (Lipinski definition) is 2. The lowest BCUT2D eigenvalue weighted by Crippen LogP contribution is -2.40. The van der Waals surface area contributed by atoms with Crippen molar-refractivity contribution in [3.05, 3.63) is 30.3 Å². The average Bonchev–Trinajstić information content (AvgIpc) is 2.49. The Balaban J connectivity index is 2.85. The van der Waals surface area contributed by atoms with Crippen LogP contribution in [0.4, 0.5) is 5.69 Å². The topological polar surface area (TPSA) is 23.5 Å². The van der Waals surface area contributed by atoms with E-state index in [4.69, 9.17) is 0 Å². The van der Waals surface area contributed by atoms with E-state index < -0.39 is 0 Å². The molecule has 1 aromatic carbocycles. The van der Waals surface area contributed by atoms with Crippen molar-refractivity contribution in [2.75, 3.05) is 24.6 Å². The van der Waals surface area contributed by atoms with E-state index in [0.29, 0.717) is 0 Å². The first kappa shape index (κ1) is 16.0. The Bertz CT molecular complexity index is 324. The molecule has 0 aliphatic rings. The second-order valence-corrected chi connectivity index (χ2v) is 5.48. The number of benzene rings is 1. The number of para-hydroxylation sites is 1. The van der Waals surface area contributed by atoms with Gasteiger partial charge in [-0.15, -0.1) is 0 Å². The Labute approximate surface area is 118 Å². The minimum Gasteiger partial charge on any atom is -0.396 e. The van der Waals surface area contributed by atoms with Crippen LogP contribution in [-0.4, -0.2) is 24.8 Å². The molecule has 0 fully saturated rings. The van der Waals surface area contributed by atoms with E-state index in [1.807, 2.05) is 0 Å². The molecule has 1 N–H and O–H groups in total. The molecule has 108 valence electrons. The van der Waals surface area contributed by atoms with Crippen LogP contribution in [0.2, 0.25) is 0 Å². The highest BCUT2D eigenvalue weighted by Crippen LogP contribution is 2.29. The lowest BCUT2D eigenvalue weighted by atomic mass is 9.82. The third-order valence-corrected chi connectivity index (χ3v) is 4.26. The maximum Gasteiger partial charge on any atom is 0.0504 e. The third kappa shape index (κ3) is 4.54. The average molecular weight is 263 g/mol. The van der Waals surface area contributed by atoms with Gasteiger partial charge >= 0.3 is 0 Å². The molecule has 0 radical (unpaired) electrons. The zero-order valence-corrected chi connectivity index (χ0v) is 12.7. The number of aliphatic hydroxyl groups excluding tert-OH is 1. The van der Waals surface area contributed by atoms with E-state index in [9.17, 15) is 5.11 Å². The first-order valence-corrected chi connectivity index (χ1v) is 7.62. The molecule has 1 rings (SSSR count). The summed E-state index contributed by atoms with van der Waals surface area (Å²) in [4.78, 5) is 2.44. The second kappa shape index (κ2) is 8.21. The van der Waals surface area contributed by atoms with Crippen LogP contribution in [0, 0.1) is 5.41 Å². The van der Waals surface area contributed by atoms with Crippen molar-refractivity contribution in [1.82, 2.24) is 0 Å². The Hall–Kier alpha value is -1.02. The van der Waals surface area contributed by atoms with Crippen molar-refractivity contribution >= 4 is 5.69 Å². The molecule has 0 saturated heterocycles. The molecule has 0 aliphatic heterocycles. The predicted molar refractivity (Wildman–Crippen MR) is 83.7 cm³/mol. The molecule has 2 nitrogen and oxygen atoms in total. The molecule has 19 heavy (non-hydrogen) atoms. The van der Waals surface area contributed by atoms with Gasteiger partial charge in [0.05, 0.1) is 6.61 Å². The fourth-order valence-electron chi connectivity index (χ4n) is 2.44. The molecule has 0 unspecified atom stereocenters. The third-order valence-electron chi connectivity index (χ3n) is 4.26. The second-order valence-electron chi connectivity index (χ2n) is 5.48. The first-order chi connectivity index (χ1) is 9.21. The Morgan fingerprint density at radius 2 is 1.68 bits per heavy atom. The summed E-state index contributed by atoms with van der Waals surface area (Å²) in [5.41, 5.74) is 1.31. The summed E-state index contributed by atoms with van der Waals surface area (Å²) < 4.78 is 0. The van der Waals surface area contributed by atoms with Crippen molar-refractivity contribution in [1.29, 1.82) is 0 Å². The largest absolute Gasteiger partial charge is 0.396 e. The Morgan fingerprint density at radius 1 is 1.05 bits per heavy atom. The van der Waals surface area contributed by atoms with Crippen LogP contribution in [0.15, 0.2) is 30.3 Å². The van der Waals surface area contributed by atoms with Crippen LogP contribution < -0.4 is 4.90 Å². The molecule has 0 aromatic heterocycles. The highest BCUT2D eigenvalue weighted by atomic mass is 16.3. The van der Waals surface area contributed by atoms with Crippen molar-refractivity contribution in [2.45, 2.75) is 46.5 Å². The molecular weight excluding hydrogens is 234 g/mol. The van der Waals surface area contributed by atoms with Gasteiger partial charge in [0.2, 0.25) is 0 Å². The lowest BCUT2D eigenvalue weighted by Gasteiger charge is -2.37. The molecule has 0 saturated carbocycles. The maximum atomic E-state index is 9.77. The fourth-order valence-corrected chi connectivity index (χ4v) is 2.44.